The van der Waals surface area contributed by atoms with Crippen LogP contribution in [0.2, 0.25) is 0 Å². The molecule has 0 saturated heterocycles. The van der Waals surface area contributed by atoms with Crippen molar-refractivity contribution in [2.75, 3.05) is 0 Å². The molecule has 10 aliphatic carbocycles. The largest absolute Gasteiger partial charge is 0.0651 e. The molecule has 0 radical (unpaired) electrons. The number of rotatable bonds is 1. The van der Waals surface area contributed by atoms with Crippen molar-refractivity contribution in [1.29, 1.82) is 0 Å². The van der Waals surface area contributed by atoms with Crippen molar-refractivity contribution < 1.29 is 0 Å². The van der Waals surface area contributed by atoms with Gasteiger partial charge in [-0.25, -0.2) is 0 Å². The molecule has 10 aliphatic rings. The minimum Gasteiger partial charge on any atom is -0.0651 e. The zero-order chi connectivity index (χ0) is 15.5. The van der Waals surface area contributed by atoms with Crippen LogP contribution in [0.5, 0.6) is 0 Å². The van der Waals surface area contributed by atoms with Crippen molar-refractivity contribution >= 4 is 0 Å². The maximum absolute atomic E-state index is 2.55. The van der Waals surface area contributed by atoms with Crippen molar-refractivity contribution in [3.8, 4) is 0 Å². The normalized spacial score (nSPS) is 75.1. The van der Waals surface area contributed by atoms with Gasteiger partial charge in [-0.1, -0.05) is 13.3 Å². The Kier molecular flexibility index (Phi) is 1.95. The molecule has 10 saturated carbocycles. The fourth-order valence-electron chi connectivity index (χ4n) is 13.7. The van der Waals surface area contributed by atoms with Crippen LogP contribution in [0.25, 0.3) is 0 Å². The summed E-state index contributed by atoms with van der Waals surface area (Å²) in [5.41, 5.74) is 2.64. The predicted molar refractivity (Wildman–Crippen MR) is 95.2 cm³/mol. The van der Waals surface area contributed by atoms with Gasteiger partial charge in [0.1, 0.15) is 0 Å². The van der Waals surface area contributed by atoms with Gasteiger partial charge in [-0.05, 0) is 134 Å². The highest BCUT2D eigenvalue weighted by atomic mass is 14.9. The summed E-state index contributed by atoms with van der Waals surface area (Å²) in [5.74, 6) is 10.6. The summed E-state index contributed by atoms with van der Waals surface area (Å²) in [6.07, 6.45) is 18.4. The lowest BCUT2D eigenvalue weighted by atomic mass is 9.17. The molecule has 10 rings (SSSR count). The summed E-state index contributed by atoms with van der Waals surface area (Å²) in [4.78, 5) is 0. The van der Waals surface area contributed by atoms with Crippen molar-refractivity contribution in [3.63, 3.8) is 0 Å². The molecule has 0 aliphatic heterocycles. The third-order valence-corrected chi connectivity index (χ3v) is 12.2. The molecule has 0 aromatic rings. The molecular weight excluding hydrogens is 288 g/mol. The lowest BCUT2D eigenvalue weighted by Crippen LogP contribution is -2.81. The molecule has 12 unspecified atom stereocenters. The third-order valence-electron chi connectivity index (χ3n) is 12.2. The Labute approximate surface area is 147 Å². The van der Waals surface area contributed by atoms with E-state index in [-0.39, 0.29) is 0 Å². The highest BCUT2D eigenvalue weighted by Gasteiger charge is 2.83. The Bertz CT molecular complexity index is 640. The first-order valence-corrected chi connectivity index (χ1v) is 11.7. The SMILES string of the molecule is CCC1CC2CC34CC5CC(C3)C3C6CC7CC(C2)(C16)C4C3(C5)C7. The maximum Gasteiger partial charge on any atom is -0.0220 e. The van der Waals surface area contributed by atoms with Crippen LogP contribution in [0.3, 0.4) is 0 Å². The number of hydrogen-bond donors (Lipinski definition) is 0. The van der Waals surface area contributed by atoms with E-state index in [1.165, 1.54) is 47.8 Å². The Balaban J connectivity index is 1.46. The topological polar surface area (TPSA) is 0 Å². The summed E-state index contributed by atoms with van der Waals surface area (Å²) < 4.78 is 0. The van der Waals surface area contributed by atoms with Gasteiger partial charge >= 0.3 is 0 Å². The van der Waals surface area contributed by atoms with Crippen LogP contribution in [0.4, 0.5) is 0 Å². The fraction of sp³-hybridized carbons (Fsp3) is 1.00. The average molecular weight is 323 g/mol. The van der Waals surface area contributed by atoms with Crippen LogP contribution in [-0.2, 0) is 0 Å². The van der Waals surface area contributed by atoms with E-state index in [4.69, 9.17) is 0 Å². The van der Waals surface area contributed by atoms with Gasteiger partial charge in [0.2, 0.25) is 0 Å². The minimum atomic E-state index is 0.871. The molecule has 0 aromatic carbocycles. The molecule has 10 fully saturated rings. The van der Waals surface area contributed by atoms with Gasteiger partial charge in [-0.15, -0.1) is 0 Å². The van der Waals surface area contributed by atoms with Gasteiger partial charge in [0, 0.05) is 0 Å². The summed E-state index contributed by atoms with van der Waals surface area (Å²) in [7, 11) is 0. The van der Waals surface area contributed by atoms with Crippen molar-refractivity contribution in [1.82, 2.24) is 0 Å². The standard InChI is InChI=1S/C24H34/c1-2-16-3-13-6-22-7-14-4-17(12-22)20-18-5-15-10-23(8-13,19(16)18)21(22)24(20,9-14)11-15/h13-21H,2-12H2,1H3. The molecule has 0 heterocycles. The van der Waals surface area contributed by atoms with Gasteiger partial charge in [0.25, 0.3) is 0 Å². The van der Waals surface area contributed by atoms with E-state index in [1.54, 1.807) is 64.2 Å². The van der Waals surface area contributed by atoms with Gasteiger partial charge in [0.15, 0.2) is 0 Å². The highest BCUT2D eigenvalue weighted by molar-refractivity contribution is 5.31. The van der Waals surface area contributed by atoms with E-state index in [0.29, 0.717) is 0 Å². The molecule has 130 valence electrons. The van der Waals surface area contributed by atoms with Crippen molar-refractivity contribution in [3.05, 3.63) is 0 Å². The molecule has 0 heteroatoms. The molecular formula is C24H34. The molecule has 10 bridgehead atoms. The van der Waals surface area contributed by atoms with Crippen molar-refractivity contribution in [2.45, 2.75) is 77.6 Å². The van der Waals surface area contributed by atoms with Crippen LogP contribution < -0.4 is 0 Å². The first-order valence-electron chi connectivity index (χ1n) is 11.7. The summed E-state index contributed by atoms with van der Waals surface area (Å²) in [5, 5.41) is 0. The lowest BCUT2D eigenvalue weighted by Gasteiger charge is -2.87. The van der Waals surface area contributed by atoms with E-state index >= 15 is 0 Å². The first kappa shape index (κ1) is 13.2. The minimum absolute atomic E-state index is 0.871. The van der Waals surface area contributed by atoms with E-state index in [1.807, 2.05) is 0 Å². The smallest absolute Gasteiger partial charge is 0.0220 e. The van der Waals surface area contributed by atoms with Crippen LogP contribution >= 0.6 is 0 Å². The quantitative estimate of drug-likeness (QED) is 0.563. The summed E-state index contributed by atoms with van der Waals surface area (Å²) in [6, 6.07) is 0. The van der Waals surface area contributed by atoms with Crippen LogP contribution in [0, 0.1) is 69.5 Å². The van der Waals surface area contributed by atoms with E-state index in [0.717, 1.165) is 28.1 Å². The van der Waals surface area contributed by atoms with E-state index in [9.17, 15) is 0 Å². The summed E-state index contributed by atoms with van der Waals surface area (Å²) >= 11 is 0. The zero-order valence-electron chi connectivity index (χ0n) is 15.5. The molecule has 0 N–H and O–H groups in total. The van der Waals surface area contributed by atoms with Gasteiger partial charge in [-0.2, -0.15) is 0 Å². The van der Waals surface area contributed by atoms with Crippen LogP contribution in [0.1, 0.15) is 77.6 Å². The van der Waals surface area contributed by atoms with Crippen LogP contribution in [0.15, 0.2) is 0 Å². The fourth-order valence-corrected chi connectivity index (χ4v) is 13.7. The summed E-state index contributed by atoms with van der Waals surface area (Å²) in [6.45, 7) is 2.55. The average Bonchev–Trinajstić information content (AvgIpc) is 2.50. The van der Waals surface area contributed by atoms with Crippen molar-refractivity contribution in [2.24, 2.45) is 69.5 Å². The van der Waals surface area contributed by atoms with E-state index < -0.39 is 0 Å². The molecule has 0 aromatic heterocycles. The number of fused-ring (bicyclic) bond motifs is 1. The second-order valence-corrected chi connectivity index (χ2v) is 12.6. The Morgan fingerprint density at radius 2 is 1.38 bits per heavy atom. The molecule has 3 spiro atoms. The second-order valence-electron chi connectivity index (χ2n) is 12.6. The van der Waals surface area contributed by atoms with E-state index in [2.05, 4.69) is 6.92 Å². The Morgan fingerprint density at radius 3 is 2.12 bits per heavy atom. The zero-order valence-corrected chi connectivity index (χ0v) is 15.5. The Morgan fingerprint density at radius 1 is 0.708 bits per heavy atom. The van der Waals surface area contributed by atoms with Gasteiger partial charge in [0.05, 0.1) is 0 Å². The Hall–Kier alpha value is 0. The van der Waals surface area contributed by atoms with Gasteiger partial charge in [-0.3, -0.25) is 0 Å². The third kappa shape index (κ3) is 1.08. The molecule has 12 atom stereocenters. The predicted octanol–water partition coefficient (Wildman–Crippen LogP) is 5.91. The molecule has 0 amide bonds. The van der Waals surface area contributed by atoms with Crippen LogP contribution in [-0.4, -0.2) is 0 Å². The number of hydrogen-bond acceptors (Lipinski definition) is 0. The maximum atomic E-state index is 2.55. The molecule has 24 heavy (non-hydrogen) atoms. The monoisotopic (exact) mass is 322 g/mol. The first-order chi connectivity index (χ1) is 11.7. The lowest BCUT2D eigenvalue weighted by molar-refractivity contribution is -0.391. The highest BCUT2D eigenvalue weighted by Crippen LogP contribution is 2.90. The van der Waals surface area contributed by atoms with Gasteiger partial charge < -0.3 is 0 Å². The second kappa shape index (κ2) is 3.55. The molecule has 0 nitrogen and oxygen atoms in total.